The third kappa shape index (κ3) is 2.98. The van der Waals surface area contributed by atoms with Gasteiger partial charge in [0.15, 0.2) is 5.69 Å². The number of carbonyl (C=O) groups is 1. The molecule has 0 amide bonds. The van der Waals surface area contributed by atoms with E-state index in [1.54, 1.807) is 18.9 Å². The highest BCUT2D eigenvalue weighted by Gasteiger charge is 2.15. The van der Waals surface area contributed by atoms with E-state index < -0.39 is 5.97 Å². The standard InChI is InChI=1S/C10H13N3O3/c1-3-15-9(14)8-7-16-10(12-8)13(2)6-4-5-11/h7H,3-4,6H2,1-2H3. The Hall–Kier alpha value is -2.03. The number of carbonyl (C=O) groups excluding carboxylic acids is 1. The van der Waals surface area contributed by atoms with E-state index in [4.69, 9.17) is 14.4 Å². The first kappa shape index (κ1) is 12.0. The number of ether oxygens (including phenoxy) is 1. The van der Waals surface area contributed by atoms with Gasteiger partial charge in [0.05, 0.1) is 19.1 Å². The van der Waals surface area contributed by atoms with Crippen molar-refractivity contribution in [2.24, 2.45) is 0 Å². The molecule has 0 fully saturated rings. The first-order valence-corrected chi connectivity index (χ1v) is 4.89. The molecule has 0 saturated carbocycles. The van der Waals surface area contributed by atoms with E-state index in [0.29, 0.717) is 25.6 Å². The van der Waals surface area contributed by atoms with E-state index in [1.807, 2.05) is 6.07 Å². The minimum absolute atomic E-state index is 0.139. The number of nitriles is 1. The lowest BCUT2D eigenvalue weighted by Gasteiger charge is -2.10. The van der Waals surface area contributed by atoms with Crippen molar-refractivity contribution in [2.45, 2.75) is 13.3 Å². The molecule has 1 heterocycles. The third-order valence-corrected chi connectivity index (χ3v) is 1.86. The van der Waals surface area contributed by atoms with Crippen LogP contribution in [0.1, 0.15) is 23.8 Å². The monoisotopic (exact) mass is 223 g/mol. The van der Waals surface area contributed by atoms with Crippen molar-refractivity contribution in [1.82, 2.24) is 4.98 Å². The summed E-state index contributed by atoms with van der Waals surface area (Å²) in [7, 11) is 1.73. The summed E-state index contributed by atoms with van der Waals surface area (Å²) in [5, 5.41) is 8.42. The molecule has 0 aliphatic rings. The number of anilines is 1. The Kier molecular flexibility index (Phi) is 4.33. The zero-order valence-corrected chi connectivity index (χ0v) is 9.27. The van der Waals surface area contributed by atoms with Crippen LogP contribution in [-0.2, 0) is 4.74 Å². The number of rotatable bonds is 5. The van der Waals surface area contributed by atoms with Gasteiger partial charge >= 0.3 is 5.97 Å². The molecule has 0 aliphatic carbocycles. The number of oxazole rings is 1. The second-order valence-corrected chi connectivity index (χ2v) is 3.07. The number of nitrogens with zero attached hydrogens (tertiary/aromatic N) is 3. The van der Waals surface area contributed by atoms with Gasteiger partial charge in [0.2, 0.25) is 0 Å². The Morgan fingerprint density at radius 2 is 2.50 bits per heavy atom. The van der Waals surface area contributed by atoms with Crippen molar-refractivity contribution in [3.05, 3.63) is 12.0 Å². The molecule has 0 radical (unpaired) electrons. The molecule has 1 aromatic rings. The maximum absolute atomic E-state index is 11.3. The average molecular weight is 223 g/mol. The molecule has 0 N–H and O–H groups in total. The van der Waals surface area contributed by atoms with Gasteiger partial charge in [-0.15, -0.1) is 0 Å². The summed E-state index contributed by atoms with van der Waals surface area (Å²) in [5.41, 5.74) is 0.139. The van der Waals surface area contributed by atoms with Crippen molar-refractivity contribution in [2.75, 3.05) is 25.1 Å². The van der Waals surface area contributed by atoms with Crippen LogP contribution in [0.4, 0.5) is 6.01 Å². The zero-order chi connectivity index (χ0) is 12.0. The number of esters is 1. The number of hydrogen-bond donors (Lipinski definition) is 0. The average Bonchev–Trinajstić information content (AvgIpc) is 2.75. The molecule has 1 aromatic heterocycles. The van der Waals surface area contributed by atoms with Crippen LogP contribution < -0.4 is 4.90 Å². The topological polar surface area (TPSA) is 79.4 Å². The van der Waals surface area contributed by atoms with Gasteiger partial charge < -0.3 is 14.1 Å². The highest BCUT2D eigenvalue weighted by Crippen LogP contribution is 2.12. The molecule has 0 unspecified atom stereocenters. The molecule has 6 heteroatoms. The molecule has 86 valence electrons. The van der Waals surface area contributed by atoms with Crippen LogP contribution in [0.15, 0.2) is 10.7 Å². The Morgan fingerprint density at radius 1 is 1.75 bits per heavy atom. The maximum atomic E-state index is 11.3. The normalized spacial score (nSPS) is 9.56. The summed E-state index contributed by atoms with van der Waals surface area (Å²) < 4.78 is 9.87. The molecule has 0 saturated heterocycles. The van der Waals surface area contributed by atoms with Gasteiger partial charge in [-0.2, -0.15) is 10.2 Å². The SMILES string of the molecule is CCOC(=O)c1coc(N(C)CCC#N)n1. The Bertz CT molecular complexity index is 394. The Morgan fingerprint density at radius 3 is 3.12 bits per heavy atom. The van der Waals surface area contributed by atoms with Gasteiger partial charge in [-0.1, -0.05) is 0 Å². The van der Waals surface area contributed by atoms with Crippen molar-refractivity contribution in [3.63, 3.8) is 0 Å². The largest absolute Gasteiger partial charge is 0.461 e. The lowest BCUT2D eigenvalue weighted by atomic mass is 10.4. The minimum Gasteiger partial charge on any atom is -0.461 e. The van der Waals surface area contributed by atoms with Crippen LogP contribution in [0.2, 0.25) is 0 Å². The van der Waals surface area contributed by atoms with E-state index in [-0.39, 0.29) is 5.69 Å². The Balaban J connectivity index is 2.64. The van der Waals surface area contributed by atoms with Crippen LogP contribution in [0.25, 0.3) is 0 Å². The second-order valence-electron chi connectivity index (χ2n) is 3.07. The molecule has 0 aromatic carbocycles. The van der Waals surface area contributed by atoms with Crippen LogP contribution in [0.5, 0.6) is 0 Å². The Labute approximate surface area is 93.4 Å². The molecular formula is C10H13N3O3. The van der Waals surface area contributed by atoms with E-state index >= 15 is 0 Å². The lowest BCUT2D eigenvalue weighted by molar-refractivity contribution is 0.0519. The van der Waals surface area contributed by atoms with Crippen LogP contribution in [0.3, 0.4) is 0 Å². The van der Waals surface area contributed by atoms with Gasteiger partial charge in [-0.05, 0) is 6.92 Å². The predicted octanol–water partition coefficient (Wildman–Crippen LogP) is 1.20. The van der Waals surface area contributed by atoms with Gasteiger partial charge in [0.1, 0.15) is 6.26 Å². The van der Waals surface area contributed by atoms with Gasteiger partial charge in [-0.25, -0.2) is 4.79 Å². The zero-order valence-electron chi connectivity index (χ0n) is 9.27. The lowest BCUT2D eigenvalue weighted by Crippen LogP contribution is -2.18. The molecule has 0 bridgehead atoms. The predicted molar refractivity (Wildman–Crippen MR) is 56.0 cm³/mol. The van der Waals surface area contributed by atoms with E-state index in [0.717, 1.165) is 0 Å². The fourth-order valence-corrected chi connectivity index (χ4v) is 1.05. The minimum atomic E-state index is -0.508. The molecule has 0 spiro atoms. The highest BCUT2D eigenvalue weighted by molar-refractivity contribution is 5.87. The molecule has 1 rings (SSSR count). The molecule has 6 nitrogen and oxygen atoms in total. The van der Waals surface area contributed by atoms with Gasteiger partial charge in [-0.3, -0.25) is 0 Å². The molecule has 16 heavy (non-hydrogen) atoms. The summed E-state index contributed by atoms with van der Waals surface area (Å²) in [5.74, 6) is -0.508. The fourth-order valence-electron chi connectivity index (χ4n) is 1.05. The summed E-state index contributed by atoms with van der Waals surface area (Å²) in [6.07, 6.45) is 1.61. The second kappa shape index (κ2) is 5.75. The summed E-state index contributed by atoms with van der Waals surface area (Å²) in [4.78, 5) is 16.9. The highest BCUT2D eigenvalue weighted by atomic mass is 16.5. The summed E-state index contributed by atoms with van der Waals surface area (Å²) in [6, 6.07) is 2.32. The van der Waals surface area contributed by atoms with E-state index in [2.05, 4.69) is 4.98 Å². The smallest absolute Gasteiger partial charge is 0.360 e. The van der Waals surface area contributed by atoms with Crippen LogP contribution in [-0.4, -0.2) is 31.2 Å². The molecule has 0 atom stereocenters. The van der Waals surface area contributed by atoms with E-state index in [1.165, 1.54) is 6.26 Å². The van der Waals surface area contributed by atoms with Crippen molar-refractivity contribution in [3.8, 4) is 6.07 Å². The van der Waals surface area contributed by atoms with Gasteiger partial charge in [0.25, 0.3) is 6.01 Å². The van der Waals surface area contributed by atoms with Crippen molar-refractivity contribution in [1.29, 1.82) is 5.26 Å². The van der Waals surface area contributed by atoms with Crippen LogP contribution >= 0.6 is 0 Å². The molecule has 0 aliphatic heterocycles. The first-order chi connectivity index (χ1) is 7.69. The van der Waals surface area contributed by atoms with Gasteiger partial charge in [0, 0.05) is 13.6 Å². The number of hydrogen-bond acceptors (Lipinski definition) is 6. The maximum Gasteiger partial charge on any atom is 0.360 e. The van der Waals surface area contributed by atoms with Crippen LogP contribution in [0, 0.1) is 11.3 Å². The quantitative estimate of drug-likeness (QED) is 0.698. The van der Waals surface area contributed by atoms with E-state index in [9.17, 15) is 4.79 Å². The summed E-state index contributed by atoms with van der Waals surface area (Å²) >= 11 is 0. The van der Waals surface area contributed by atoms with Crippen molar-refractivity contribution >= 4 is 12.0 Å². The first-order valence-electron chi connectivity index (χ1n) is 4.89. The third-order valence-electron chi connectivity index (χ3n) is 1.86. The number of aromatic nitrogens is 1. The summed E-state index contributed by atoms with van der Waals surface area (Å²) in [6.45, 7) is 2.52. The van der Waals surface area contributed by atoms with Crippen molar-refractivity contribution < 1.29 is 13.9 Å². The fraction of sp³-hybridized carbons (Fsp3) is 0.500. The molecular weight excluding hydrogens is 210 g/mol.